The maximum Gasteiger partial charge on any atom is 0.429 e. The molecule has 0 aliphatic carbocycles. The van der Waals surface area contributed by atoms with Crippen LogP contribution in [0.4, 0.5) is 22.0 Å². The van der Waals surface area contributed by atoms with E-state index in [-0.39, 0.29) is 23.9 Å². The summed E-state index contributed by atoms with van der Waals surface area (Å²) in [5.41, 5.74) is 1.24. The molecule has 3 aromatic rings. The van der Waals surface area contributed by atoms with Crippen molar-refractivity contribution in [3.05, 3.63) is 96.0 Å². The van der Waals surface area contributed by atoms with E-state index >= 15 is 0 Å². The minimum Gasteiger partial charge on any atom is -0.459 e. The van der Waals surface area contributed by atoms with Gasteiger partial charge in [-0.15, -0.1) is 0 Å². The molecule has 0 amide bonds. The summed E-state index contributed by atoms with van der Waals surface area (Å²) in [5, 5.41) is 0. The van der Waals surface area contributed by atoms with E-state index in [1.807, 2.05) is 24.3 Å². The van der Waals surface area contributed by atoms with Gasteiger partial charge in [-0.3, -0.25) is 0 Å². The van der Waals surface area contributed by atoms with Crippen LogP contribution in [0.2, 0.25) is 0 Å². The molecule has 0 saturated carbocycles. The van der Waals surface area contributed by atoms with Gasteiger partial charge in [-0.1, -0.05) is 43.7 Å². The summed E-state index contributed by atoms with van der Waals surface area (Å²) in [5.74, 6) is -0.814. The highest BCUT2D eigenvalue weighted by Crippen LogP contribution is 2.36. The van der Waals surface area contributed by atoms with Gasteiger partial charge in [0.05, 0.1) is 18.3 Å². The molecular formula is C28H25F5O3. The Morgan fingerprint density at radius 2 is 1.61 bits per heavy atom. The second-order valence-electron chi connectivity index (χ2n) is 8.61. The molecule has 36 heavy (non-hydrogen) atoms. The lowest BCUT2D eigenvalue weighted by atomic mass is 9.92. The van der Waals surface area contributed by atoms with E-state index in [2.05, 4.69) is 16.4 Å². The second-order valence-corrected chi connectivity index (χ2v) is 8.61. The highest BCUT2D eigenvalue weighted by Gasteiger charge is 2.37. The van der Waals surface area contributed by atoms with Crippen LogP contribution < -0.4 is 9.47 Å². The first-order valence-electron chi connectivity index (χ1n) is 11.6. The van der Waals surface area contributed by atoms with Gasteiger partial charge in [0, 0.05) is 0 Å². The van der Waals surface area contributed by atoms with E-state index in [0.29, 0.717) is 17.0 Å². The quantitative estimate of drug-likeness (QED) is 0.227. The van der Waals surface area contributed by atoms with Crippen LogP contribution in [0.25, 0.3) is 11.1 Å². The van der Waals surface area contributed by atoms with Crippen molar-refractivity contribution in [2.45, 2.75) is 38.4 Å². The van der Waals surface area contributed by atoms with Gasteiger partial charge >= 0.3 is 12.2 Å². The third-order valence-corrected chi connectivity index (χ3v) is 6.20. The van der Waals surface area contributed by atoms with Crippen molar-refractivity contribution < 1.29 is 36.2 Å². The summed E-state index contributed by atoms with van der Waals surface area (Å²) in [6, 6.07) is 15.5. The van der Waals surface area contributed by atoms with Crippen molar-refractivity contribution in [1.29, 1.82) is 0 Å². The van der Waals surface area contributed by atoms with Gasteiger partial charge in [-0.05, 0) is 71.8 Å². The first kappa shape index (κ1) is 25.7. The average Bonchev–Trinajstić information content (AvgIpc) is 2.88. The fourth-order valence-electron chi connectivity index (χ4n) is 4.11. The number of hydrogen-bond donors (Lipinski definition) is 0. The van der Waals surface area contributed by atoms with Gasteiger partial charge in [0.1, 0.15) is 17.3 Å². The molecule has 1 heterocycles. The Labute approximate surface area is 206 Å². The maximum absolute atomic E-state index is 14.7. The SMILES string of the molecule is CCC1CCC(c2ccc(-c3ccc(C(F)(F)Oc4ccc(OC=C(F)F)cc4)c(F)c3)cc2)OC1. The molecule has 1 aliphatic heterocycles. The number of ether oxygens (including phenoxy) is 3. The fourth-order valence-corrected chi connectivity index (χ4v) is 4.11. The van der Waals surface area contributed by atoms with Crippen LogP contribution in [-0.2, 0) is 10.8 Å². The molecule has 1 aliphatic rings. The van der Waals surface area contributed by atoms with Crippen molar-refractivity contribution in [2.75, 3.05) is 6.61 Å². The topological polar surface area (TPSA) is 27.7 Å². The van der Waals surface area contributed by atoms with Crippen molar-refractivity contribution in [3.63, 3.8) is 0 Å². The average molecular weight is 504 g/mol. The lowest BCUT2D eigenvalue weighted by molar-refractivity contribution is -0.187. The Balaban J connectivity index is 1.44. The lowest BCUT2D eigenvalue weighted by Gasteiger charge is -2.28. The molecule has 2 unspecified atom stereocenters. The minimum absolute atomic E-state index is 0.000205. The molecule has 4 rings (SSSR count). The smallest absolute Gasteiger partial charge is 0.429 e. The third-order valence-electron chi connectivity index (χ3n) is 6.20. The molecule has 1 fully saturated rings. The van der Waals surface area contributed by atoms with Gasteiger partial charge in [0.2, 0.25) is 0 Å². The molecule has 2 atom stereocenters. The van der Waals surface area contributed by atoms with Gasteiger partial charge in [-0.2, -0.15) is 17.6 Å². The summed E-state index contributed by atoms with van der Waals surface area (Å²) in [6.07, 6.45) is -2.60. The third kappa shape index (κ3) is 6.23. The van der Waals surface area contributed by atoms with Crippen LogP contribution in [0, 0.1) is 11.7 Å². The zero-order chi connectivity index (χ0) is 25.7. The zero-order valence-electron chi connectivity index (χ0n) is 19.5. The van der Waals surface area contributed by atoms with Gasteiger partial charge in [0.25, 0.3) is 0 Å². The molecule has 0 radical (unpaired) electrons. The van der Waals surface area contributed by atoms with E-state index in [9.17, 15) is 22.0 Å². The van der Waals surface area contributed by atoms with E-state index < -0.39 is 23.6 Å². The number of hydrogen-bond acceptors (Lipinski definition) is 3. The number of alkyl halides is 2. The summed E-state index contributed by atoms with van der Waals surface area (Å²) < 4.78 is 83.6. The maximum atomic E-state index is 14.7. The van der Waals surface area contributed by atoms with Crippen LogP contribution in [0.3, 0.4) is 0 Å². The predicted molar refractivity (Wildman–Crippen MR) is 125 cm³/mol. The standard InChI is InChI=1S/C28H25F5O3/c1-2-18-3-14-26(35-16-18)20-6-4-19(5-7-20)21-8-13-24(25(29)15-21)28(32,33)36-23-11-9-22(10-12-23)34-17-27(30)31/h4-13,15,17-18,26H,2-3,14,16H2,1H3. The Hall–Kier alpha value is -3.39. The van der Waals surface area contributed by atoms with Crippen molar-refractivity contribution in [3.8, 4) is 22.6 Å². The van der Waals surface area contributed by atoms with Gasteiger partial charge in [-0.25, -0.2) is 4.39 Å². The Morgan fingerprint density at radius 3 is 2.19 bits per heavy atom. The normalized spacial score (nSPS) is 17.9. The molecule has 3 aromatic carbocycles. The zero-order valence-corrected chi connectivity index (χ0v) is 19.5. The minimum atomic E-state index is -3.96. The number of rotatable bonds is 8. The first-order valence-corrected chi connectivity index (χ1v) is 11.6. The van der Waals surface area contributed by atoms with Crippen molar-refractivity contribution in [2.24, 2.45) is 5.92 Å². The summed E-state index contributed by atoms with van der Waals surface area (Å²) >= 11 is 0. The van der Waals surface area contributed by atoms with Crippen LogP contribution in [0.15, 0.2) is 79.1 Å². The summed E-state index contributed by atoms with van der Waals surface area (Å²) in [7, 11) is 0. The second kappa shape index (κ2) is 11.1. The fraction of sp³-hybridized carbons (Fsp3) is 0.286. The highest BCUT2D eigenvalue weighted by molar-refractivity contribution is 5.64. The lowest BCUT2D eigenvalue weighted by Crippen LogP contribution is -2.23. The van der Waals surface area contributed by atoms with Crippen LogP contribution >= 0.6 is 0 Å². The van der Waals surface area contributed by atoms with Crippen LogP contribution in [0.5, 0.6) is 11.5 Å². The molecular weight excluding hydrogens is 479 g/mol. The predicted octanol–water partition coefficient (Wildman–Crippen LogP) is 8.62. The molecule has 8 heteroatoms. The summed E-state index contributed by atoms with van der Waals surface area (Å²) in [4.78, 5) is 0. The first-order chi connectivity index (χ1) is 17.2. The molecule has 190 valence electrons. The monoisotopic (exact) mass is 504 g/mol. The largest absolute Gasteiger partial charge is 0.459 e. The van der Waals surface area contributed by atoms with E-state index in [1.165, 1.54) is 18.2 Å². The number of benzene rings is 3. The molecule has 3 nitrogen and oxygen atoms in total. The van der Waals surface area contributed by atoms with Crippen molar-refractivity contribution >= 4 is 0 Å². The van der Waals surface area contributed by atoms with E-state index in [0.717, 1.165) is 55.7 Å². The van der Waals surface area contributed by atoms with Crippen molar-refractivity contribution in [1.82, 2.24) is 0 Å². The molecule has 0 spiro atoms. The van der Waals surface area contributed by atoms with E-state index in [4.69, 9.17) is 4.74 Å². The Kier molecular flexibility index (Phi) is 7.94. The molecule has 0 aromatic heterocycles. The Morgan fingerprint density at radius 1 is 0.944 bits per heavy atom. The number of halogens is 5. The van der Waals surface area contributed by atoms with Crippen LogP contribution in [-0.4, -0.2) is 6.61 Å². The van der Waals surface area contributed by atoms with Crippen LogP contribution in [0.1, 0.15) is 43.4 Å². The van der Waals surface area contributed by atoms with Gasteiger partial charge in [0.15, 0.2) is 6.26 Å². The van der Waals surface area contributed by atoms with Gasteiger partial charge < -0.3 is 14.2 Å². The highest BCUT2D eigenvalue weighted by atomic mass is 19.3. The Bertz CT molecular complexity index is 1180. The summed E-state index contributed by atoms with van der Waals surface area (Å²) in [6.45, 7) is 2.89. The molecule has 0 bridgehead atoms. The van der Waals surface area contributed by atoms with E-state index in [1.54, 1.807) is 0 Å². The molecule has 0 N–H and O–H groups in total. The molecule has 1 saturated heterocycles.